The Morgan fingerprint density at radius 2 is 1.90 bits per heavy atom. The van der Waals surface area contributed by atoms with Crippen molar-refractivity contribution in [1.29, 1.82) is 0 Å². The maximum atomic E-state index is 12.2. The zero-order chi connectivity index (χ0) is 21.1. The first kappa shape index (κ1) is 23.3. The van der Waals surface area contributed by atoms with Crippen molar-refractivity contribution >= 4 is 12.0 Å². The van der Waals surface area contributed by atoms with Crippen LogP contribution in [0.2, 0.25) is 0 Å². The minimum Gasteiger partial charge on any atom is -0.493 e. The van der Waals surface area contributed by atoms with Gasteiger partial charge in [0.2, 0.25) is 5.91 Å². The smallest absolute Gasteiger partial charge is 0.244 e. The summed E-state index contributed by atoms with van der Waals surface area (Å²) in [7, 11) is 5.83. The summed E-state index contributed by atoms with van der Waals surface area (Å²) < 4.78 is 11.4. The molecule has 0 saturated heterocycles. The van der Waals surface area contributed by atoms with Gasteiger partial charge in [-0.25, -0.2) is 0 Å². The van der Waals surface area contributed by atoms with E-state index in [-0.39, 0.29) is 5.91 Å². The van der Waals surface area contributed by atoms with E-state index >= 15 is 0 Å². The number of rotatable bonds is 11. The van der Waals surface area contributed by atoms with E-state index in [9.17, 15) is 4.79 Å². The van der Waals surface area contributed by atoms with Gasteiger partial charge in [-0.15, -0.1) is 0 Å². The van der Waals surface area contributed by atoms with Crippen LogP contribution in [0.4, 0.5) is 0 Å². The fourth-order valence-electron chi connectivity index (χ4n) is 3.62. The SMILES string of the molecule is COc1cc(/C=C/C(=O)N[C@H]2CC[C@H](C)CC2)ccc1OCCCCCN(C)C. The van der Waals surface area contributed by atoms with Crippen LogP contribution in [0.5, 0.6) is 11.5 Å². The number of amides is 1. The molecule has 0 heterocycles. The first-order valence-electron chi connectivity index (χ1n) is 10.9. The third-order valence-electron chi connectivity index (χ3n) is 5.48. The fourth-order valence-corrected chi connectivity index (χ4v) is 3.62. The third-order valence-corrected chi connectivity index (χ3v) is 5.48. The van der Waals surface area contributed by atoms with Gasteiger partial charge in [-0.1, -0.05) is 13.0 Å². The number of nitrogens with zero attached hydrogens (tertiary/aromatic N) is 1. The molecule has 0 radical (unpaired) electrons. The van der Waals surface area contributed by atoms with E-state index in [1.165, 1.54) is 19.3 Å². The van der Waals surface area contributed by atoms with Crippen molar-refractivity contribution in [2.24, 2.45) is 5.92 Å². The standard InChI is InChI=1S/C24H38N2O3/c1-19-8-12-21(13-9-19)25-24(27)15-11-20-10-14-22(23(18-20)28-4)29-17-7-5-6-16-26(2)3/h10-11,14-15,18-19,21H,5-9,12-13,16-17H2,1-4H3,(H,25,27)/b15-11+/t19-,21-. The first-order chi connectivity index (χ1) is 14.0. The molecule has 5 heteroatoms. The normalized spacial score (nSPS) is 19.5. The van der Waals surface area contributed by atoms with Crippen LogP contribution in [0.25, 0.3) is 6.08 Å². The van der Waals surface area contributed by atoms with Crippen molar-refractivity contribution in [2.75, 3.05) is 34.4 Å². The van der Waals surface area contributed by atoms with Gasteiger partial charge in [0.15, 0.2) is 11.5 Å². The van der Waals surface area contributed by atoms with Crippen molar-refractivity contribution in [2.45, 2.75) is 57.9 Å². The Labute approximate surface area is 176 Å². The molecule has 0 spiro atoms. The highest BCUT2D eigenvalue weighted by atomic mass is 16.5. The lowest BCUT2D eigenvalue weighted by molar-refractivity contribution is -0.117. The lowest BCUT2D eigenvalue weighted by atomic mass is 9.87. The summed E-state index contributed by atoms with van der Waals surface area (Å²) in [5, 5.41) is 3.12. The molecule has 1 aromatic rings. The third kappa shape index (κ3) is 8.90. The molecule has 1 amide bonds. The van der Waals surface area contributed by atoms with E-state index < -0.39 is 0 Å². The van der Waals surface area contributed by atoms with Gasteiger partial charge in [-0.2, -0.15) is 0 Å². The first-order valence-corrected chi connectivity index (χ1v) is 10.9. The summed E-state index contributed by atoms with van der Waals surface area (Å²) in [6, 6.07) is 6.09. The molecule has 0 bridgehead atoms. The highest BCUT2D eigenvalue weighted by Gasteiger charge is 2.18. The molecule has 1 fully saturated rings. The number of benzene rings is 1. The predicted molar refractivity (Wildman–Crippen MR) is 119 cm³/mol. The van der Waals surface area contributed by atoms with Crippen molar-refractivity contribution in [3.8, 4) is 11.5 Å². The van der Waals surface area contributed by atoms with Crippen molar-refractivity contribution in [1.82, 2.24) is 10.2 Å². The molecule has 2 rings (SSSR count). The Hall–Kier alpha value is -2.01. The van der Waals surface area contributed by atoms with Crippen LogP contribution in [0.15, 0.2) is 24.3 Å². The molecule has 0 aromatic heterocycles. The van der Waals surface area contributed by atoms with E-state index in [4.69, 9.17) is 9.47 Å². The topological polar surface area (TPSA) is 50.8 Å². The van der Waals surface area contributed by atoms with Crippen LogP contribution in [0.1, 0.15) is 57.4 Å². The molecule has 0 aliphatic heterocycles. The number of hydrogen-bond donors (Lipinski definition) is 1. The van der Waals surface area contributed by atoms with Gasteiger partial charge in [0, 0.05) is 12.1 Å². The molecule has 29 heavy (non-hydrogen) atoms. The number of unbranched alkanes of at least 4 members (excludes halogenated alkanes) is 2. The number of methoxy groups -OCH3 is 1. The molecule has 1 aliphatic rings. The van der Waals surface area contributed by atoms with Crippen LogP contribution in [-0.2, 0) is 4.79 Å². The van der Waals surface area contributed by atoms with Crippen LogP contribution in [0, 0.1) is 5.92 Å². The quantitative estimate of drug-likeness (QED) is 0.437. The molecule has 0 unspecified atom stereocenters. The Morgan fingerprint density at radius 3 is 2.59 bits per heavy atom. The average molecular weight is 403 g/mol. The molecule has 5 nitrogen and oxygen atoms in total. The second kappa shape index (κ2) is 12.5. The summed E-state index contributed by atoms with van der Waals surface area (Å²) in [5.74, 6) is 2.20. The van der Waals surface area contributed by atoms with E-state index in [1.807, 2.05) is 24.3 Å². The Bertz CT molecular complexity index is 650. The van der Waals surface area contributed by atoms with Gasteiger partial charge in [0.1, 0.15) is 0 Å². The monoisotopic (exact) mass is 402 g/mol. The summed E-state index contributed by atoms with van der Waals surface area (Å²) in [5.41, 5.74) is 0.924. The Balaban J connectivity index is 1.79. The van der Waals surface area contributed by atoms with Gasteiger partial charge in [0.25, 0.3) is 0 Å². The number of ether oxygens (including phenoxy) is 2. The summed E-state index contributed by atoms with van der Waals surface area (Å²) in [6.07, 6.45) is 11.3. The van der Waals surface area contributed by atoms with Crippen molar-refractivity contribution in [3.63, 3.8) is 0 Å². The number of carbonyl (C=O) groups is 1. The highest BCUT2D eigenvalue weighted by Crippen LogP contribution is 2.29. The number of hydrogen-bond acceptors (Lipinski definition) is 4. The van der Waals surface area contributed by atoms with E-state index in [0.29, 0.717) is 18.4 Å². The molecule has 1 aliphatic carbocycles. The molecule has 0 atom stereocenters. The van der Waals surface area contributed by atoms with E-state index in [1.54, 1.807) is 13.2 Å². The zero-order valence-corrected chi connectivity index (χ0v) is 18.6. The summed E-state index contributed by atoms with van der Waals surface area (Å²) >= 11 is 0. The summed E-state index contributed by atoms with van der Waals surface area (Å²) in [4.78, 5) is 14.4. The average Bonchev–Trinajstić information content (AvgIpc) is 2.71. The minimum absolute atomic E-state index is 0.0263. The maximum absolute atomic E-state index is 12.2. The van der Waals surface area contributed by atoms with Gasteiger partial charge in [0.05, 0.1) is 13.7 Å². The van der Waals surface area contributed by atoms with Gasteiger partial charge < -0.3 is 19.7 Å². The molecular weight excluding hydrogens is 364 g/mol. The fraction of sp³-hybridized carbons (Fsp3) is 0.625. The zero-order valence-electron chi connectivity index (χ0n) is 18.6. The minimum atomic E-state index is -0.0263. The molecular formula is C24H38N2O3. The van der Waals surface area contributed by atoms with Crippen LogP contribution >= 0.6 is 0 Å². The lowest BCUT2D eigenvalue weighted by Gasteiger charge is -2.26. The van der Waals surface area contributed by atoms with E-state index in [2.05, 4.69) is 31.2 Å². The van der Waals surface area contributed by atoms with Crippen LogP contribution in [-0.4, -0.2) is 51.2 Å². The van der Waals surface area contributed by atoms with Gasteiger partial charge in [-0.05, 0) is 95.3 Å². The Morgan fingerprint density at radius 1 is 1.14 bits per heavy atom. The maximum Gasteiger partial charge on any atom is 0.244 e. The largest absolute Gasteiger partial charge is 0.493 e. The number of carbonyl (C=O) groups excluding carboxylic acids is 1. The van der Waals surface area contributed by atoms with E-state index in [0.717, 1.165) is 49.5 Å². The Kier molecular flexibility index (Phi) is 10.1. The molecule has 162 valence electrons. The lowest BCUT2D eigenvalue weighted by Crippen LogP contribution is -2.36. The van der Waals surface area contributed by atoms with Crippen molar-refractivity contribution < 1.29 is 14.3 Å². The molecule has 1 aromatic carbocycles. The second-order valence-electron chi connectivity index (χ2n) is 8.42. The summed E-state index contributed by atoms with van der Waals surface area (Å²) in [6.45, 7) is 4.07. The predicted octanol–water partition coefficient (Wildman–Crippen LogP) is 4.51. The van der Waals surface area contributed by atoms with Crippen molar-refractivity contribution in [3.05, 3.63) is 29.8 Å². The van der Waals surface area contributed by atoms with Gasteiger partial charge >= 0.3 is 0 Å². The van der Waals surface area contributed by atoms with Gasteiger partial charge in [-0.3, -0.25) is 4.79 Å². The molecule has 1 saturated carbocycles. The second-order valence-corrected chi connectivity index (χ2v) is 8.42. The highest BCUT2D eigenvalue weighted by molar-refractivity contribution is 5.92. The number of nitrogens with one attached hydrogen (secondary N) is 1. The van der Waals surface area contributed by atoms with Crippen LogP contribution < -0.4 is 14.8 Å². The molecule has 1 N–H and O–H groups in total. The van der Waals surface area contributed by atoms with Crippen LogP contribution in [0.3, 0.4) is 0 Å².